The summed E-state index contributed by atoms with van der Waals surface area (Å²) in [5, 5.41) is 0. The van der Waals surface area contributed by atoms with Crippen molar-refractivity contribution in [2.24, 2.45) is 0 Å². The van der Waals surface area contributed by atoms with Crippen LogP contribution in [0.25, 0.3) is 0 Å². The molecule has 0 radical (unpaired) electrons. The van der Waals surface area contributed by atoms with Crippen molar-refractivity contribution in [3.63, 3.8) is 0 Å². The fourth-order valence-corrected chi connectivity index (χ4v) is 5.09. The van der Waals surface area contributed by atoms with E-state index in [2.05, 4.69) is 44.3 Å². The largest absolute Gasteiger partial charge is 0.519 e. The Morgan fingerprint density at radius 3 is 1.65 bits per heavy atom. The Hall–Kier alpha value is 0.0406. The minimum absolute atomic E-state index is 0.155. The maximum absolute atomic E-state index is 12.5. The third kappa shape index (κ3) is 9.87. The quantitative estimate of drug-likeness (QED) is 0.724. The van der Waals surface area contributed by atoms with Crippen LogP contribution in [0.4, 0.5) is 0 Å². The van der Waals surface area contributed by atoms with Crippen LogP contribution in [-0.4, -0.2) is 43.0 Å². The highest BCUT2D eigenvalue weighted by atomic mass is 28.4. The van der Waals surface area contributed by atoms with Crippen LogP contribution < -0.4 is 4.98 Å². The van der Waals surface area contributed by atoms with Gasteiger partial charge in [0.2, 0.25) is 8.32 Å². The van der Waals surface area contributed by atoms with Crippen molar-refractivity contribution in [2.75, 3.05) is 0 Å². The zero-order valence-electron chi connectivity index (χ0n) is 14.9. The molecular weight excluding hydrogens is 302 g/mol. The zero-order valence-corrected chi connectivity index (χ0v) is 17.9. The van der Waals surface area contributed by atoms with E-state index in [1.807, 2.05) is 26.6 Å². The molecule has 0 aromatic rings. The highest BCUT2D eigenvalue weighted by Crippen LogP contribution is 2.15. The van der Waals surface area contributed by atoms with Crippen molar-refractivity contribution in [1.29, 1.82) is 0 Å². The molecule has 0 fully saturated rings. The SMILES string of the molecule is CC(O[Si](C)(C)C)[C@H](N[Si](C)(C)C)C(=O)O[Si](C)(C)C. The monoisotopic (exact) mass is 335 g/mol. The number of carbonyl (C=O) groups is 1. The third-order valence-electron chi connectivity index (χ3n) is 2.26. The molecule has 1 N–H and O–H groups in total. The third-order valence-corrected chi connectivity index (χ3v) is 5.33. The highest BCUT2D eigenvalue weighted by molar-refractivity contribution is 6.74. The molecule has 1 unspecified atom stereocenters. The lowest BCUT2D eigenvalue weighted by Gasteiger charge is -2.34. The molecular formula is C13H33NO3Si3. The lowest BCUT2D eigenvalue weighted by molar-refractivity contribution is -0.139. The Kier molecular flexibility index (Phi) is 6.88. The molecule has 0 saturated heterocycles. The second-order valence-corrected chi connectivity index (χ2v) is 22.0. The summed E-state index contributed by atoms with van der Waals surface area (Å²) in [6, 6.07) is -0.361. The summed E-state index contributed by atoms with van der Waals surface area (Å²) in [7, 11) is -5.16. The molecule has 0 saturated carbocycles. The summed E-state index contributed by atoms with van der Waals surface area (Å²) >= 11 is 0. The summed E-state index contributed by atoms with van der Waals surface area (Å²) in [6.07, 6.45) is -0.155. The van der Waals surface area contributed by atoms with Crippen molar-refractivity contribution in [2.45, 2.75) is 78.0 Å². The van der Waals surface area contributed by atoms with Crippen molar-refractivity contribution >= 4 is 30.8 Å². The van der Waals surface area contributed by atoms with Crippen molar-refractivity contribution in [3.8, 4) is 0 Å². The minimum atomic E-state index is -1.88. The molecule has 0 rings (SSSR count). The van der Waals surface area contributed by atoms with Crippen LogP contribution in [0, 0.1) is 0 Å². The molecule has 0 aliphatic carbocycles. The Morgan fingerprint density at radius 1 is 0.900 bits per heavy atom. The van der Waals surface area contributed by atoms with Gasteiger partial charge in [-0.3, -0.25) is 4.79 Å². The molecule has 20 heavy (non-hydrogen) atoms. The zero-order chi connectivity index (χ0) is 16.4. The summed E-state index contributed by atoms with van der Waals surface area (Å²) in [5.41, 5.74) is 0. The number of hydrogen-bond donors (Lipinski definition) is 1. The minimum Gasteiger partial charge on any atom is -0.519 e. The highest BCUT2D eigenvalue weighted by Gasteiger charge is 2.35. The van der Waals surface area contributed by atoms with E-state index in [0.29, 0.717) is 0 Å². The van der Waals surface area contributed by atoms with E-state index in [4.69, 9.17) is 8.85 Å². The maximum Gasteiger partial charge on any atom is 0.311 e. The van der Waals surface area contributed by atoms with Gasteiger partial charge in [0.1, 0.15) is 14.3 Å². The predicted molar refractivity (Wildman–Crippen MR) is 93.6 cm³/mol. The van der Waals surface area contributed by atoms with Crippen LogP contribution in [0.3, 0.4) is 0 Å². The molecule has 0 aliphatic heterocycles. The Balaban J connectivity index is 5.03. The standard InChI is InChI=1S/C13H33NO3Si3/c1-11(16-19(5,6)7)12(14-18(2,3)4)13(15)17-20(8,9)10/h11-12,14H,1-10H3/t11?,12-/m0/s1. The van der Waals surface area contributed by atoms with Crippen LogP contribution in [0.2, 0.25) is 58.9 Å². The summed E-state index contributed by atoms with van der Waals surface area (Å²) in [5.74, 6) is -0.155. The van der Waals surface area contributed by atoms with Crippen LogP contribution >= 0.6 is 0 Å². The van der Waals surface area contributed by atoms with Gasteiger partial charge in [-0.25, -0.2) is 0 Å². The van der Waals surface area contributed by atoms with Gasteiger partial charge >= 0.3 is 5.97 Å². The Labute approximate surface area is 128 Å². The number of carbonyl (C=O) groups excluding carboxylic acids is 1. The average Bonchev–Trinajstić information content (AvgIpc) is 2.06. The van der Waals surface area contributed by atoms with Gasteiger partial charge in [-0.2, -0.15) is 0 Å². The average molecular weight is 336 g/mol. The van der Waals surface area contributed by atoms with Gasteiger partial charge in [-0.1, -0.05) is 19.6 Å². The molecule has 0 aromatic heterocycles. The molecule has 0 spiro atoms. The molecule has 120 valence electrons. The van der Waals surface area contributed by atoms with E-state index in [9.17, 15) is 4.79 Å². The summed E-state index contributed by atoms with van der Waals surface area (Å²) < 4.78 is 11.8. The van der Waals surface area contributed by atoms with Crippen LogP contribution in [-0.2, 0) is 13.6 Å². The second-order valence-electron chi connectivity index (χ2n) is 8.34. The van der Waals surface area contributed by atoms with Gasteiger partial charge in [0, 0.05) is 0 Å². The van der Waals surface area contributed by atoms with Gasteiger partial charge in [-0.05, 0) is 46.2 Å². The van der Waals surface area contributed by atoms with Crippen LogP contribution in [0.1, 0.15) is 6.92 Å². The van der Waals surface area contributed by atoms with Crippen molar-refractivity contribution in [3.05, 3.63) is 0 Å². The normalized spacial score (nSPS) is 16.7. The van der Waals surface area contributed by atoms with E-state index >= 15 is 0 Å². The van der Waals surface area contributed by atoms with Gasteiger partial charge in [0.05, 0.1) is 6.10 Å². The molecule has 0 amide bonds. The Bertz CT molecular complexity index is 329. The lowest BCUT2D eigenvalue weighted by atomic mass is 10.2. The first kappa shape index (κ1) is 20.0. The smallest absolute Gasteiger partial charge is 0.311 e. The van der Waals surface area contributed by atoms with Crippen LogP contribution in [0.5, 0.6) is 0 Å². The number of hydrogen-bond acceptors (Lipinski definition) is 4. The van der Waals surface area contributed by atoms with E-state index in [1.165, 1.54) is 0 Å². The van der Waals surface area contributed by atoms with Gasteiger partial charge in [-0.15, -0.1) is 0 Å². The maximum atomic E-state index is 12.5. The lowest BCUT2D eigenvalue weighted by Crippen LogP contribution is -2.59. The molecule has 0 bridgehead atoms. The van der Waals surface area contributed by atoms with E-state index < -0.39 is 24.9 Å². The molecule has 4 nitrogen and oxygen atoms in total. The fourth-order valence-electron chi connectivity index (χ4n) is 1.83. The Morgan fingerprint density at radius 2 is 1.35 bits per heavy atom. The summed E-state index contributed by atoms with van der Waals surface area (Å²) in [6.45, 7) is 21.0. The second kappa shape index (κ2) is 6.87. The number of rotatable bonds is 7. The fraction of sp³-hybridized carbons (Fsp3) is 0.923. The molecule has 0 aliphatic rings. The summed E-state index contributed by atoms with van der Waals surface area (Å²) in [4.78, 5) is 16.0. The van der Waals surface area contributed by atoms with Crippen molar-refractivity contribution < 1.29 is 13.6 Å². The molecule has 7 heteroatoms. The number of nitrogens with one attached hydrogen (secondary N) is 1. The van der Waals surface area contributed by atoms with E-state index in [-0.39, 0.29) is 18.1 Å². The predicted octanol–water partition coefficient (Wildman–Crippen LogP) is 3.40. The van der Waals surface area contributed by atoms with Crippen molar-refractivity contribution in [1.82, 2.24) is 4.98 Å². The van der Waals surface area contributed by atoms with Gasteiger partial charge in [0.25, 0.3) is 0 Å². The van der Waals surface area contributed by atoms with Gasteiger partial charge in [0.15, 0.2) is 8.32 Å². The van der Waals surface area contributed by atoms with E-state index in [0.717, 1.165) is 0 Å². The first-order valence-electron chi connectivity index (χ1n) is 7.29. The topological polar surface area (TPSA) is 47.6 Å². The first-order valence-corrected chi connectivity index (χ1v) is 17.6. The molecule has 0 aromatic carbocycles. The van der Waals surface area contributed by atoms with E-state index in [1.54, 1.807) is 0 Å². The first-order chi connectivity index (χ1) is 8.61. The van der Waals surface area contributed by atoms with Crippen LogP contribution in [0.15, 0.2) is 0 Å². The van der Waals surface area contributed by atoms with Gasteiger partial charge < -0.3 is 13.8 Å². The molecule has 2 atom stereocenters. The molecule has 0 heterocycles.